The van der Waals surface area contributed by atoms with Crippen LogP contribution in [-0.2, 0) is 0 Å². The Morgan fingerprint density at radius 3 is 2.50 bits per heavy atom. The second kappa shape index (κ2) is 3.17. The molecule has 24 valence electrons. The molecule has 0 fully saturated rings. The largest absolute Gasteiger partial charge is 0.103 e. The van der Waals surface area contributed by atoms with Gasteiger partial charge in [0.2, 0.25) is 0 Å². The Bertz CT molecular complexity index is 20.9. The monoisotopic (exact) mass is 74.0 g/mol. The van der Waals surface area contributed by atoms with Gasteiger partial charge in [0.15, 0.2) is 0 Å². The van der Waals surface area contributed by atoms with Gasteiger partial charge < -0.3 is 0 Å². The van der Waals surface area contributed by atoms with E-state index in [9.17, 15) is 0 Å². The minimum atomic E-state index is 0. The summed E-state index contributed by atoms with van der Waals surface area (Å²) in [6.45, 7) is 3.40. The molecule has 0 saturated carbocycles. The second-order valence-corrected chi connectivity index (χ2v) is 0.836. The topological polar surface area (TPSA) is 0 Å². The SMILES string of the molecule is C=CC[P].[HH]. The Labute approximate surface area is 30.6 Å². The summed E-state index contributed by atoms with van der Waals surface area (Å²) >= 11 is 0. The third-order valence-corrected chi connectivity index (χ3v) is 0.387. The Morgan fingerprint density at radius 2 is 2.50 bits per heavy atom. The fraction of sp³-hybridized carbons (Fsp3) is 0.333. The molecule has 0 rings (SSSR count). The molecular weight excluding hydrogens is 67.0 g/mol. The summed E-state index contributed by atoms with van der Waals surface area (Å²) in [5.41, 5.74) is 0. The van der Waals surface area contributed by atoms with Crippen LogP contribution in [-0.4, -0.2) is 6.16 Å². The minimum Gasteiger partial charge on any atom is -0.103 e. The van der Waals surface area contributed by atoms with E-state index in [1.807, 2.05) is 0 Å². The van der Waals surface area contributed by atoms with Gasteiger partial charge in [0.1, 0.15) is 0 Å². The minimum absolute atomic E-state index is 0. The molecule has 0 amide bonds. The van der Waals surface area contributed by atoms with Crippen LogP contribution in [0.15, 0.2) is 12.7 Å². The number of allylic oxidation sites excluding steroid dienone is 1. The van der Waals surface area contributed by atoms with Gasteiger partial charge in [-0.25, -0.2) is 0 Å². The molecule has 0 aliphatic heterocycles. The van der Waals surface area contributed by atoms with E-state index in [4.69, 9.17) is 0 Å². The molecule has 0 saturated heterocycles. The lowest BCUT2D eigenvalue weighted by Crippen LogP contribution is -1.43. The average Bonchev–Trinajstić information content (AvgIpc) is 1.37. The lowest BCUT2D eigenvalue weighted by Gasteiger charge is -1.56. The normalized spacial score (nSPS) is 6.25. The van der Waals surface area contributed by atoms with Crippen LogP contribution in [0.3, 0.4) is 0 Å². The Kier molecular flexibility index (Phi) is 3.30. The van der Waals surface area contributed by atoms with Crippen molar-refractivity contribution in [2.24, 2.45) is 0 Å². The molecule has 1 heteroatoms. The quantitative estimate of drug-likeness (QED) is 0.329. The standard InChI is InChI=1S/C3H5P.H2/c1-2-3-4;/h2H,1,3H2;1H. The first-order valence-electron chi connectivity index (χ1n) is 1.13. The van der Waals surface area contributed by atoms with Crippen LogP contribution in [0.25, 0.3) is 0 Å². The second-order valence-electron chi connectivity index (χ2n) is 0.471. The van der Waals surface area contributed by atoms with Crippen LogP contribution < -0.4 is 0 Å². The van der Waals surface area contributed by atoms with E-state index >= 15 is 0 Å². The highest BCUT2D eigenvalue weighted by Gasteiger charge is 1.47. The third kappa shape index (κ3) is 2.17. The van der Waals surface area contributed by atoms with Gasteiger partial charge in [0.25, 0.3) is 0 Å². The van der Waals surface area contributed by atoms with Crippen LogP contribution in [0.4, 0.5) is 0 Å². The van der Waals surface area contributed by atoms with Crippen molar-refractivity contribution in [1.29, 1.82) is 0 Å². The van der Waals surface area contributed by atoms with Crippen LogP contribution in [0.5, 0.6) is 0 Å². The lowest BCUT2D eigenvalue weighted by molar-refractivity contribution is 1.83. The molecule has 0 aliphatic carbocycles. The first-order valence-corrected chi connectivity index (χ1v) is 1.77. The van der Waals surface area contributed by atoms with E-state index in [0.29, 0.717) is 0 Å². The van der Waals surface area contributed by atoms with Crippen LogP contribution >= 0.6 is 9.24 Å². The molecule has 0 N–H and O–H groups in total. The van der Waals surface area contributed by atoms with Crippen molar-refractivity contribution in [2.45, 2.75) is 0 Å². The highest BCUT2D eigenvalue weighted by atomic mass is 31.0. The fourth-order valence-electron chi connectivity index (χ4n) is 0. The van der Waals surface area contributed by atoms with E-state index in [0.717, 1.165) is 6.16 Å². The smallest absolute Gasteiger partial charge is 0 e. The van der Waals surface area contributed by atoms with E-state index in [1.165, 1.54) is 0 Å². The number of hydrogen-bond acceptors (Lipinski definition) is 0. The molecule has 0 aliphatic rings. The highest BCUT2D eigenvalue weighted by molar-refractivity contribution is 7.16. The van der Waals surface area contributed by atoms with Gasteiger partial charge in [-0.3, -0.25) is 0 Å². The van der Waals surface area contributed by atoms with Crippen LogP contribution in [0, 0.1) is 0 Å². The van der Waals surface area contributed by atoms with Crippen molar-refractivity contribution in [3.05, 3.63) is 12.7 Å². The predicted molar refractivity (Wildman–Crippen MR) is 24.1 cm³/mol. The highest BCUT2D eigenvalue weighted by Crippen LogP contribution is 1.74. The number of hydrogen-bond donors (Lipinski definition) is 0. The van der Waals surface area contributed by atoms with Gasteiger partial charge in [-0.2, -0.15) is 0 Å². The predicted octanol–water partition coefficient (Wildman–Crippen LogP) is 1.83. The summed E-state index contributed by atoms with van der Waals surface area (Å²) in [6.07, 6.45) is 2.52. The van der Waals surface area contributed by atoms with E-state index < -0.39 is 0 Å². The molecule has 0 atom stereocenters. The van der Waals surface area contributed by atoms with Crippen molar-refractivity contribution < 1.29 is 1.43 Å². The van der Waals surface area contributed by atoms with Crippen molar-refractivity contribution in [3.63, 3.8) is 0 Å². The lowest BCUT2D eigenvalue weighted by atomic mass is 10.8. The summed E-state index contributed by atoms with van der Waals surface area (Å²) in [7, 11) is 3.80. The van der Waals surface area contributed by atoms with Gasteiger partial charge in [-0.1, -0.05) is 6.08 Å². The number of rotatable bonds is 1. The molecule has 0 unspecified atom stereocenters. The van der Waals surface area contributed by atoms with Crippen LogP contribution in [0.1, 0.15) is 1.43 Å². The zero-order chi connectivity index (χ0) is 3.41. The summed E-state index contributed by atoms with van der Waals surface area (Å²) in [4.78, 5) is 0. The average molecular weight is 74.1 g/mol. The molecule has 0 heterocycles. The summed E-state index contributed by atoms with van der Waals surface area (Å²) in [6, 6.07) is 0. The van der Waals surface area contributed by atoms with Gasteiger partial charge >= 0.3 is 0 Å². The Hall–Kier alpha value is 0.170. The molecule has 0 spiro atoms. The first-order chi connectivity index (χ1) is 1.91. The van der Waals surface area contributed by atoms with Gasteiger partial charge in [0.05, 0.1) is 0 Å². The van der Waals surface area contributed by atoms with Gasteiger partial charge in [-0.15, -0.1) is 6.58 Å². The molecular formula is C3H7P. The maximum Gasteiger partial charge on any atom is 0 e. The molecule has 2 radical (unpaired) electrons. The molecule has 0 aromatic heterocycles. The zero-order valence-corrected chi connectivity index (χ0v) is 3.33. The molecule has 0 aromatic carbocycles. The summed E-state index contributed by atoms with van der Waals surface area (Å²) in [5, 5.41) is 0. The zero-order valence-electron chi connectivity index (χ0n) is 2.44. The maximum atomic E-state index is 3.80. The Morgan fingerprint density at radius 1 is 2.25 bits per heavy atom. The maximum absolute atomic E-state index is 3.80. The molecule has 0 nitrogen and oxygen atoms in total. The van der Waals surface area contributed by atoms with Gasteiger partial charge in [-0.05, 0) is 15.4 Å². The summed E-state index contributed by atoms with van der Waals surface area (Å²) < 4.78 is 0. The summed E-state index contributed by atoms with van der Waals surface area (Å²) in [5.74, 6) is 0. The van der Waals surface area contributed by atoms with E-state index in [2.05, 4.69) is 15.8 Å². The van der Waals surface area contributed by atoms with Crippen molar-refractivity contribution in [3.8, 4) is 0 Å². The first kappa shape index (κ1) is 4.17. The van der Waals surface area contributed by atoms with Gasteiger partial charge in [0, 0.05) is 1.43 Å². The van der Waals surface area contributed by atoms with Crippen molar-refractivity contribution in [1.82, 2.24) is 0 Å². The Balaban J connectivity index is 0. The molecule has 0 bridgehead atoms. The van der Waals surface area contributed by atoms with E-state index in [1.54, 1.807) is 6.08 Å². The molecule has 4 heavy (non-hydrogen) atoms. The van der Waals surface area contributed by atoms with Crippen molar-refractivity contribution in [2.75, 3.05) is 6.16 Å². The van der Waals surface area contributed by atoms with Crippen LogP contribution in [0.2, 0.25) is 0 Å². The van der Waals surface area contributed by atoms with E-state index in [-0.39, 0.29) is 1.43 Å². The van der Waals surface area contributed by atoms with Crippen molar-refractivity contribution >= 4 is 9.24 Å². The molecule has 0 aromatic rings. The fourth-order valence-corrected chi connectivity index (χ4v) is 0. The third-order valence-electron chi connectivity index (χ3n) is 0.129.